The Labute approximate surface area is 96.8 Å². The third-order valence-corrected chi connectivity index (χ3v) is 3.10. The van der Waals surface area contributed by atoms with E-state index in [4.69, 9.17) is 0 Å². The van der Waals surface area contributed by atoms with Gasteiger partial charge in [-0.1, -0.05) is 0 Å². The quantitative estimate of drug-likeness (QED) is 0.827. The monoisotopic (exact) mass is 223 g/mol. The Morgan fingerprint density at radius 2 is 1.94 bits per heavy atom. The zero-order valence-corrected chi connectivity index (χ0v) is 10.2. The Morgan fingerprint density at radius 1 is 1.19 bits per heavy atom. The van der Waals surface area contributed by atoms with Crippen molar-refractivity contribution >= 4 is 5.95 Å². The molecule has 1 aliphatic heterocycles. The van der Waals surface area contributed by atoms with Gasteiger partial charge in [-0.3, -0.25) is 4.57 Å². The van der Waals surface area contributed by atoms with Gasteiger partial charge in [-0.15, -0.1) is 10.2 Å². The van der Waals surface area contributed by atoms with Gasteiger partial charge in [-0.05, 0) is 33.2 Å². The molecule has 0 saturated carbocycles. The van der Waals surface area contributed by atoms with Crippen LogP contribution >= 0.6 is 0 Å². The number of anilines is 1. The zero-order valence-electron chi connectivity index (χ0n) is 10.2. The van der Waals surface area contributed by atoms with Crippen LogP contribution in [0.1, 0.15) is 32.0 Å². The molecule has 0 aliphatic carbocycles. The van der Waals surface area contributed by atoms with Crippen molar-refractivity contribution in [1.82, 2.24) is 20.1 Å². The third-order valence-electron chi connectivity index (χ3n) is 3.10. The highest BCUT2D eigenvalue weighted by molar-refractivity contribution is 5.31. The first-order chi connectivity index (χ1) is 7.86. The molecule has 5 heteroatoms. The molecule has 16 heavy (non-hydrogen) atoms. The maximum Gasteiger partial charge on any atom is 0.227 e. The normalized spacial score (nSPS) is 16.8. The number of hydrogen-bond acceptors (Lipinski definition) is 4. The molecule has 0 aromatic carbocycles. The fourth-order valence-corrected chi connectivity index (χ4v) is 2.27. The molecule has 2 rings (SSSR count). The van der Waals surface area contributed by atoms with E-state index in [9.17, 15) is 0 Å². The molecule has 0 amide bonds. The first-order valence-corrected chi connectivity index (χ1v) is 6.18. The minimum atomic E-state index is 0.786. The van der Waals surface area contributed by atoms with E-state index in [2.05, 4.69) is 31.9 Å². The van der Waals surface area contributed by atoms with E-state index in [1.54, 1.807) is 0 Å². The molecule has 0 bridgehead atoms. The van der Waals surface area contributed by atoms with Crippen LogP contribution in [0.4, 0.5) is 5.95 Å². The number of nitrogens with zero attached hydrogens (tertiary/aromatic N) is 4. The molecule has 1 aromatic heterocycles. The third kappa shape index (κ3) is 2.19. The average Bonchev–Trinajstić information content (AvgIpc) is 2.73. The first kappa shape index (κ1) is 11.4. The van der Waals surface area contributed by atoms with Gasteiger partial charge in [0.05, 0.1) is 6.54 Å². The predicted molar refractivity (Wildman–Crippen MR) is 64.5 cm³/mol. The number of nitrogens with one attached hydrogen (secondary N) is 1. The van der Waals surface area contributed by atoms with Crippen LogP contribution in [-0.4, -0.2) is 34.9 Å². The summed E-state index contributed by atoms with van der Waals surface area (Å²) in [6.07, 6.45) is 3.90. The lowest BCUT2D eigenvalue weighted by molar-refractivity contribution is 0.552. The van der Waals surface area contributed by atoms with Gasteiger partial charge in [0.2, 0.25) is 5.95 Å². The molecule has 0 atom stereocenters. The van der Waals surface area contributed by atoms with Crippen LogP contribution < -0.4 is 10.2 Å². The Kier molecular flexibility index (Phi) is 3.77. The summed E-state index contributed by atoms with van der Waals surface area (Å²) in [5.74, 6) is 2.08. The maximum atomic E-state index is 4.33. The second-order valence-corrected chi connectivity index (χ2v) is 4.24. The summed E-state index contributed by atoms with van der Waals surface area (Å²) in [5, 5.41) is 11.7. The van der Waals surface area contributed by atoms with Gasteiger partial charge < -0.3 is 10.2 Å². The van der Waals surface area contributed by atoms with Crippen molar-refractivity contribution in [2.24, 2.45) is 0 Å². The van der Waals surface area contributed by atoms with Crippen LogP contribution in [0.2, 0.25) is 0 Å². The van der Waals surface area contributed by atoms with E-state index in [1.165, 1.54) is 19.3 Å². The zero-order chi connectivity index (χ0) is 11.4. The number of rotatable bonds is 4. The standard InChI is InChI=1S/C11H21N5/c1-3-16-10(9-12-2)13-14-11(16)15-7-5-4-6-8-15/h12H,3-9H2,1-2H3. The molecule has 2 heterocycles. The second-order valence-electron chi connectivity index (χ2n) is 4.24. The molecule has 1 aliphatic rings. The molecule has 5 nitrogen and oxygen atoms in total. The molecule has 1 N–H and O–H groups in total. The van der Waals surface area contributed by atoms with E-state index in [-0.39, 0.29) is 0 Å². The van der Waals surface area contributed by atoms with Gasteiger partial charge in [0.1, 0.15) is 5.82 Å². The van der Waals surface area contributed by atoms with Crippen molar-refractivity contribution in [3.63, 3.8) is 0 Å². The molecule has 1 aromatic rings. The van der Waals surface area contributed by atoms with Crippen LogP contribution in [0, 0.1) is 0 Å². The van der Waals surface area contributed by atoms with Gasteiger partial charge in [0.15, 0.2) is 0 Å². The van der Waals surface area contributed by atoms with Crippen molar-refractivity contribution in [2.45, 2.75) is 39.3 Å². The first-order valence-electron chi connectivity index (χ1n) is 6.18. The molecule has 1 fully saturated rings. The van der Waals surface area contributed by atoms with Crippen LogP contribution in [-0.2, 0) is 13.1 Å². The van der Waals surface area contributed by atoms with Crippen molar-refractivity contribution in [3.05, 3.63) is 5.82 Å². The summed E-state index contributed by atoms with van der Waals surface area (Å²) in [7, 11) is 1.94. The second kappa shape index (κ2) is 5.30. The smallest absolute Gasteiger partial charge is 0.227 e. The highest BCUT2D eigenvalue weighted by Gasteiger charge is 2.18. The van der Waals surface area contributed by atoms with E-state index < -0.39 is 0 Å². The SMILES string of the molecule is CCn1c(CNC)nnc1N1CCCCC1. The van der Waals surface area contributed by atoms with Crippen molar-refractivity contribution in [2.75, 3.05) is 25.0 Å². The fourth-order valence-electron chi connectivity index (χ4n) is 2.27. The molecular weight excluding hydrogens is 202 g/mol. The van der Waals surface area contributed by atoms with Crippen LogP contribution in [0.5, 0.6) is 0 Å². The number of piperidine rings is 1. The Morgan fingerprint density at radius 3 is 2.56 bits per heavy atom. The van der Waals surface area contributed by atoms with Crippen molar-refractivity contribution in [1.29, 1.82) is 0 Å². The van der Waals surface area contributed by atoms with Crippen LogP contribution in [0.3, 0.4) is 0 Å². The maximum absolute atomic E-state index is 4.33. The predicted octanol–water partition coefficient (Wildman–Crippen LogP) is 1.01. The number of aromatic nitrogens is 3. The molecule has 0 unspecified atom stereocenters. The largest absolute Gasteiger partial charge is 0.341 e. The van der Waals surface area contributed by atoms with E-state index in [0.717, 1.165) is 38.0 Å². The molecular formula is C11H21N5. The summed E-state index contributed by atoms with van der Waals surface area (Å²) in [6, 6.07) is 0. The molecule has 0 radical (unpaired) electrons. The Hall–Kier alpha value is -1.10. The molecule has 90 valence electrons. The van der Waals surface area contributed by atoms with Crippen molar-refractivity contribution < 1.29 is 0 Å². The fraction of sp³-hybridized carbons (Fsp3) is 0.818. The molecule has 1 saturated heterocycles. The van der Waals surface area contributed by atoms with Crippen LogP contribution in [0.15, 0.2) is 0 Å². The minimum absolute atomic E-state index is 0.786. The van der Waals surface area contributed by atoms with E-state index >= 15 is 0 Å². The summed E-state index contributed by atoms with van der Waals surface area (Å²) >= 11 is 0. The van der Waals surface area contributed by atoms with Crippen molar-refractivity contribution in [3.8, 4) is 0 Å². The van der Waals surface area contributed by atoms with Crippen LogP contribution in [0.25, 0.3) is 0 Å². The lowest BCUT2D eigenvalue weighted by Gasteiger charge is -2.27. The lowest BCUT2D eigenvalue weighted by atomic mass is 10.1. The Balaban J connectivity index is 2.18. The van der Waals surface area contributed by atoms with Gasteiger partial charge >= 0.3 is 0 Å². The highest BCUT2D eigenvalue weighted by Crippen LogP contribution is 2.18. The summed E-state index contributed by atoms with van der Waals surface area (Å²) in [6.45, 7) is 6.12. The summed E-state index contributed by atoms with van der Waals surface area (Å²) < 4.78 is 2.21. The number of hydrogen-bond donors (Lipinski definition) is 1. The summed E-state index contributed by atoms with van der Waals surface area (Å²) in [4.78, 5) is 2.36. The van der Waals surface area contributed by atoms with Gasteiger partial charge in [0.25, 0.3) is 0 Å². The van der Waals surface area contributed by atoms with E-state index in [0.29, 0.717) is 0 Å². The molecule has 0 spiro atoms. The average molecular weight is 223 g/mol. The highest BCUT2D eigenvalue weighted by atomic mass is 15.4. The lowest BCUT2D eigenvalue weighted by Crippen LogP contribution is -2.32. The van der Waals surface area contributed by atoms with Gasteiger partial charge in [-0.2, -0.15) is 0 Å². The van der Waals surface area contributed by atoms with E-state index in [1.807, 2.05) is 7.05 Å². The minimum Gasteiger partial charge on any atom is -0.341 e. The summed E-state index contributed by atoms with van der Waals surface area (Å²) in [5.41, 5.74) is 0. The topological polar surface area (TPSA) is 46.0 Å². The van der Waals surface area contributed by atoms with Gasteiger partial charge in [0, 0.05) is 19.6 Å². The Bertz CT molecular complexity index is 327. The van der Waals surface area contributed by atoms with Gasteiger partial charge in [-0.25, -0.2) is 0 Å².